The lowest BCUT2D eigenvalue weighted by atomic mass is 9.98. The molecule has 1 saturated heterocycles. The highest BCUT2D eigenvalue weighted by molar-refractivity contribution is 5.73. The van der Waals surface area contributed by atoms with E-state index >= 15 is 0 Å². The third-order valence-corrected chi connectivity index (χ3v) is 2.91. The minimum atomic E-state index is -0.0962. The molecule has 1 aromatic heterocycles. The van der Waals surface area contributed by atoms with Gasteiger partial charge in [0, 0.05) is 25.5 Å². The van der Waals surface area contributed by atoms with Gasteiger partial charge >= 0.3 is 5.97 Å². The minimum Gasteiger partial charge on any atom is -0.466 e. The zero-order valence-electron chi connectivity index (χ0n) is 10.0. The number of piperidine rings is 1. The van der Waals surface area contributed by atoms with Gasteiger partial charge in [0.05, 0.1) is 18.7 Å². The fraction of sp³-hybridized carbons (Fsp3) is 0.583. The number of hydrogen-bond acceptors (Lipinski definition) is 5. The smallest absolute Gasteiger partial charge is 0.310 e. The Balaban J connectivity index is 2.00. The van der Waals surface area contributed by atoms with Gasteiger partial charge in [-0.2, -0.15) is 0 Å². The molecular formula is C12H17N3O2. The topological polar surface area (TPSA) is 55.3 Å². The normalized spacial score (nSPS) is 20.1. The number of carbonyl (C=O) groups is 1. The molecule has 2 rings (SSSR count). The Labute approximate surface area is 101 Å². The predicted molar refractivity (Wildman–Crippen MR) is 63.6 cm³/mol. The molecule has 2 heterocycles. The van der Waals surface area contributed by atoms with Gasteiger partial charge in [0.15, 0.2) is 0 Å². The van der Waals surface area contributed by atoms with E-state index in [0.717, 1.165) is 25.2 Å². The van der Waals surface area contributed by atoms with Gasteiger partial charge in [-0.3, -0.25) is 9.78 Å². The van der Waals surface area contributed by atoms with Crippen LogP contribution in [0.15, 0.2) is 18.6 Å². The molecular weight excluding hydrogens is 218 g/mol. The van der Waals surface area contributed by atoms with E-state index in [1.165, 1.54) is 0 Å². The average molecular weight is 235 g/mol. The number of ether oxygens (including phenoxy) is 1. The highest BCUT2D eigenvalue weighted by Gasteiger charge is 2.27. The van der Waals surface area contributed by atoms with E-state index in [2.05, 4.69) is 14.9 Å². The second kappa shape index (κ2) is 5.61. The zero-order chi connectivity index (χ0) is 12.1. The summed E-state index contributed by atoms with van der Waals surface area (Å²) in [5, 5.41) is 0. The Bertz CT molecular complexity index is 369. The van der Waals surface area contributed by atoms with Crippen LogP contribution in [0.1, 0.15) is 19.8 Å². The average Bonchev–Trinajstić information content (AvgIpc) is 2.40. The summed E-state index contributed by atoms with van der Waals surface area (Å²) in [6.07, 6.45) is 6.93. The minimum absolute atomic E-state index is 0.0364. The van der Waals surface area contributed by atoms with Crippen LogP contribution in [-0.4, -0.2) is 35.6 Å². The number of carbonyl (C=O) groups excluding carboxylic acids is 1. The maximum atomic E-state index is 11.7. The number of rotatable bonds is 3. The maximum absolute atomic E-state index is 11.7. The second-order valence-electron chi connectivity index (χ2n) is 4.10. The molecule has 0 bridgehead atoms. The number of aromatic nitrogens is 2. The fourth-order valence-electron chi connectivity index (χ4n) is 2.09. The first kappa shape index (κ1) is 11.8. The first-order valence-electron chi connectivity index (χ1n) is 5.99. The number of hydrogen-bond donors (Lipinski definition) is 0. The van der Waals surface area contributed by atoms with Crippen LogP contribution in [0.25, 0.3) is 0 Å². The first-order valence-corrected chi connectivity index (χ1v) is 5.99. The van der Waals surface area contributed by atoms with Crippen LogP contribution in [0.2, 0.25) is 0 Å². The number of nitrogens with zero attached hydrogens (tertiary/aromatic N) is 3. The van der Waals surface area contributed by atoms with Gasteiger partial charge in [-0.15, -0.1) is 0 Å². The van der Waals surface area contributed by atoms with Crippen LogP contribution in [0.3, 0.4) is 0 Å². The van der Waals surface area contributed by atoms with E-state index in [9.17, 15) is 4.79 Å². The molecule has 0 amide bonds. The molecule has 0 aromatic carbocycles. The summed E-state index contributed by atoms with van der Waals surface area (Å²) in [5.41, 5.74) is 0. The summed E-state index contributed by atoms with van der Waals surface area (Å²) in [5.74, 6) is 0.702. The largest absolute Gasteiger partial charge is 0.466 e. The van der Waals surface area contributed by atoms with Crippen molar-refractivity contribution < 1.29 is 9.53 Å². The quantitative estimate of drug-likeness (QED) is 0.738. The molecule has 1 aromatic rings. The van der Waals surface area contributed by atoms with E-state index in [1.54, 1.807) is 18.6 Å². The van der Waals surface area contributed by atoms with Crippen molar-refractivity contribution in [3.05, 3.63) is 18.6 Å². The molecule has 1 unspecified atom stereocenters. The SMILES string of the molecule is CCOC(=O)C1CCCN(c2cnccn2)C1. The van der Waals surface area contributed by atoms with Crippen molar-refractivity contribution in [3.8, 4) is 0 Å². The predicted octanol–water partition coefficient (Wildman–Crippen LogP) is 1.26. The van der Waals surface area contributed by atoms with Crippen LogP contribution < -0.4 is 4.90 Å². The summed E-state index contributed by atoms with van der Waals surface area (Å²) in [6, 6.07) is 0. The molecule has 0 radical (unpaired) electrons. The van der Waals surface area contributed by atoms with Crippen molar-refractivity contribution in [2.75, 3.05) is 24.6 Å². The van der Waals surface area contributed by atoms with Crippen molar-refractivity contribution in [3.63, 3.8) is 0 Å². The van der Waals surface area contributed by atoms with Gasteiger partial charge in [-0.1, -0.05) is 0 Å². The molecule has 0 spiro atoms. The van der Waals surface area contributed by atoms with Crippen LogP contribution in [0.4, 0.5) is 5.82 Å². The van der Waals surface area contributed by atoms with Gasteiger partial charge in [0.25, 0.3) is 0 Å². The third kappa shape index (κ3) is 2.93. The molecule has 5 nitrogen and oxygen atoms in total. The van der Waals surface area contributed by atoms with Gasteiger partial charge in [-0.05, 0) is 19.8 Å². The monoisotopic (exact) mass is 235 g/mol. The molecule has 0 saturated carbocycles. The molecule has 0 aliphatic carbocycles. The molecule has 1 aliphatic rings. The van der Waals surface area contributed by atoms with Gasteiger partial charge < -0.3 is 9.64 Å². The maximum Gasteiger partial charge on any atom is 0.310 e. The summed E-state index contributed by atoms with van der Waals surface area (Å²) < 4.78 is 5.06. The zero-order valence-corrected chi connectivity index (χ0v) is 10.0. The first-order chi connectivity index (χ1) is 8.31. The Morgan fingerprint density at radius 2 is 2.47 bits per heavy atom. The number of anilines is 1. The van der Waals surface area contributed by atoms with Gasteiger partial charge in [0.1, 0.15) is 5.82 Å². The van der Waals surface area contributed by atoms with Crippen molar-refractivity contribution in [2.24, 2.45) is 5.92 Å². The fourth-order valence-corrected chi connectivity index (χ4v) is 2.09. The molecule has 92 valence electrons. The van der Waals surface area contributed by atoms with Crippen LogP contribution in [0, 0.1) is 5.92 Å². The van der Waals surface area contributed by atoms with E-state index in [-0.39, 0.29) is 11.9 Å². The standard InChI is InChI=1S/C12H17N3O2/c1-2-17-12(16)10-4-3-7-15(9-10)11-8-13-5-6-14-11/h5-6,8,10H,2-4,7,9H2,1H3. The lowest BCUT2D eigenvalue weighted by Gasteiger charge is -2.31. The van der Waals surface area contributed by atoms with Gasteiger partial charge in [-0.25, -0.2) is 4.98 Å². The van der Waals surface area contributed by atoms with E-state index < -0.39 is 0 Å². The summed E-state index contributed by atoms with van der Waals surface area (Å²) in [4.78, 5) is 22.1. The highest BCUT2D eigenvalue weighted by atomic mass is 16.5. The second-order valence-corrected chi connectivity index (χ2v) is 4.10. The molecule has 1 atom stereocenters. The third-order valence-electron chi connectivity index (χ3n) is 2.91. The van der Waals surface area contributed by atoms with Crippen LogP contribution in [0.5, 0.6) is 0 Å². The Hall–Kier alpha value is -1.65. The molecule has 5 heteroatoms. The van der Waals surface area contributed by atoms with Crippen LogP contribution >= 0.6 is 0 Å². The summed E-state index contributed by atoms with van der Waals surface area (Å²) >= 11 is 0. The van der Waals surface area contributed by atoms with E-state index in [4.69, 9.17) is 4.74 Å². The summed E-state index contributed by atoms with van der Waals surface area (Å²) in [6.45, 7) is 3.88. The highest BCUT2D eigenvalue weighted by Crippen LogP contribution is 2.21. The summed E-state index contributed by atoms with van der Waals surface area (Å²) in [7, 11) is 0. The molecule has 17 heavy (non-hydrogen) atoms. The lowest BCUT2D eigenvalue weighted by Crippen LogP contribution is -2.39. The molecule has 0 N–H and O–H groups in total. The Morgan fingerprint density at radius 3 is 3.18 bits per heavy atom. The lowest BCUT2D eigenvalue weighted by molar-refractivity contribution is -0.148. The molecule has 1 fully saturated rings. The van der Waals surface area contributed by atoms with Crippen molar-refractivity contribution in [1.82, 2.24) is 9.97 Å². The van der Waals surface area contributed by atoms with Crippen molar-refractivity contribution >= 4 is 11.8 Å². The van der Waals surface area contributed by atoms with E-state index in [1.807, 2.05) is 6.92 Å². The van der Waals surface area contributed by atoms with Crippen LogP contribution in [-0.2, 0) is 9.53 Å². The number of esters is 1. The van der Waals surface area contributed by atoms with Crippen molar-refractivity contribution in [1.29, 1.82) is 0 Å². The van der Waals surface area contributed by atoms with Crippen molar-refractivity contribution in [2.45, 2.75) is 19.8 Å². The van der Waals surface area contributed by atoms with E-state index in [0.29, 0.717) is 13.2 Å². The Morgan fingerprint density at radius 1 is 1.59 bits per heavy atom. The molecule has 1 aliphatic heterocycles. The Kier molecular flexibility index (Phi) is 3.90. The van der Waals surface area contributed by atoms with Gasteiger partial charge in [0.2, 0.25) is 0 Å².